The topological polar surface area (TPSA) is 134 Å². The van der Waals surface area contributed by atoms with Crippen molar-refractivity contribution in [3.05, 3.63) is 85.4 Å². The summed E-state index contributed by atoms with van der Waals surface area (Å²) in [6.07, 6.45) is 4.62. The standard InChI is InChI=1S/C30H31ClFN5O6S/c1-44-14-13-37-27(39)22(21-3-2-4-23(32)26(21)31)16-35(30(37)43)17-25(38)34-10-8-20(9-11-34)36-12-7-18-15-19(28(40)41)5-6-24(18)33-29(36)42/h2-6,15-16,20H,7-14,17H2,1H3,(H,33,42)(H,40,41). The van der Waals surface area contributed by atoms with Gasteiger partial charge >= 0.3 is 17.7 Å². The number of nitrogens with zero attached hydrogens (tertiary/aromatic N) is 4. The number of halogens is 2. The van der Waals surface area contributed by atoms with Crippen LogP contribution in [-0.2, 0) is 24.3 Å². The molecule has 0 unspecified atom stereocenters. The molecule has 2 aliphatic heterocycles. The van der Waals surface area contributed by atoms with Gasteiger partial charge in [-0.1, -0.05) is 23.7 Å². The lowest BCUT2D eigenvalue weighted by molar-refractivity contribution is -0.133. The quantitative estimate of drug-likeness (QED) is 0.383. The number of thioether (sulfide) groups is 1. The van der Waals surface area contributed by atoms with Crippen molar-refractivity contribution < 1.29 is 23.9 Å². The number of carbonyl (C=O) groups excluding carboxylic acids is 2. The fourth-order valence-corrected chi connectivity index (χ4v) is 6.24. The molecule has 2 aromatic carbocycles. The molecule has 0 radical (unpaired) electrons. The maximum atomic E-state index is 14.2. The van der Waals surface area contributed by atoms with E-state index in [9.17, 15) is 33.5 Å². The number of nitrogens with one attached hydrogen (secondary N) is 1. The Morgan fingerprint density at radius 3 is 2.55 bits per heavy atom. The molecule has 14 heteroatoms. The summed E-state index contributed by atoms with van der Waals surface area (Å²) in [7, 11) is 0. The highest BCUT2D eigenvalue weighted by atomic mass is 35.5. The van der Waals surface area contributed by atoms with E-state index < -0.39 is 23.0 Å². The number of benzene rings is 2. The number of aromatic carboxylic acids is 1. The van der Waals surface area contributed by atoms with Crippen molar-refractivity contribution in [3.63, 3.8) is 0 Å². The zero-order chi connectivity index (χ0) is 31.5. The summed E-state index contributed by atoms with van der Waals surface area (Å²) in [5, 5.41) is 11.9. The fraction of sp³-hybridized carbons (Fsp3) is 0.367. The molecular formula is C30H31ClFN5O6S. The molecule has 1 aromatic heterocycles. The molecule has 232 valence electrons. The zero-order valence-corrected chi connectivity index (χ0v) is 25.5. The maximum Gasteiger partial charge on any atom is 0.335 e. The normalized spacial score (nSPS) is 15.5. The smallest absolute Gasteiger partial charge is 0.335 e. The first-order valence-corrected chi connectivity index (χ1v) is 15.9. The van der Waals surface area contributed by atoms with Gasteiger partial charge in [-0.05, 0) is 55.3 Å². The molecule has 11 nitrogen and oxygen atoms in total. The third-order valence-corrected chi connectivity index (χ3v) is 9.01. The number of likely N-dealkylation sites (tertiary alicyclic amines) is 1. The van der Waals surface area contributed by atoms with Gasteiger partial charge < -0.3 is 20.2 Å². The Morgan fingerprint density at radius 1 is 1.09 bits per heavy atom. The highest BCUT2D eigenvalue weighted by Crippen LogP contribution is 2.28. The summed E-state index contributed by atoms with van der Waals surface area (Å²) >= 11 is 7.62. The van der Waals surface area contributed by atoms with Crippen LogP contribution in [0, 0.1) is 5.82 Å². The van der Waals surface area contributed by atoms with Crippen molar-refractivity contribution in [2.24, 2.45) is 0 Å². The third kappa shape index (κ3) is 6.39. The van der Waals surface area contributed by atoms with Crippen molar-refractivity contribution in [2.45, 2.75) is 38.4 Å². The maximum absolute atomic E-state index is 14.2. The lowest BCUT2D eigenvalue weighted by atomic mass is 10.0. The summed E-state index contributed by atoms with van der Waals surface area (Å²) in [4.78, 5) is 67.7. The van der Waals surface area contributed by atoms with Crippen LogP contribution in [0.25, 0.3) is 11.1 Å². The summed E-state index contributed by atoms with van der Waals surface area (Å²) < 4.78 is 16.4. The Morgan fingerprint density at radius 2 is 1.84 bits per heavy atom. The number of anilines is 1. The van der Waals surface area contributed by atoms with E-state index in [1.165, 1.54) is 42.2 Å². The molecule has 44 heavy (non-hydrogen) atoms. The number of hydrogen-bond donors (Lipinski definition) is 2. The minimum atomic E-state index is -1.03. The molecule has 3 amide bonds. The Labute approximate surface area is 261 Å². The van der Waals surface area contributed by atoms with Crippen LogP contribution in [0.5, 0.6) is 0 Å². The second-order valence-electron chi connectivity index (χ2n) is 10.7. The van der Waals surface area contributed by atoms with E-state index in [0.717, 1.165) is 14.7 Å². The number of piperidine rings is 1. The van der Waals surface area contributed by atoms with E-state index in [1.807, 2.05) is 6.26 Å². The Hall–Kier alpha value is -4.10. The van der Waals surface area contributed by atoms with Crippen LogP contribution in [0.2, 0.25) is 5.02 Å². The number of urea groups is 1. The van der Waals surface area contributed by atoms with Gasteiger partial charge in [0.05, 0.1) is 16.1 Å². The van der Waals surface area contributed by atoms with Gasteiger partial charge in [0.15, 0.2) is 0 Å². The summed E-state index contributed by atoms with van der Waals surface area (Å²) in [6, 6.07) is 8.30. The molecule has 0 atom stereocenters. The summed E-state index contributed by atoms with van der Waals surface area (Å²) in [5.74, 6) is -1.59. The third-order valence-electron chi connectivity index (χ3n) is 8.04. The molecule has 2 aliphatic rings. The molecule has 0 spiro atoms. The average molecular weight is 644 g/mol. The second-order valence-corrected chi connectivity index (χ2v) is 12.0. The summed E-state index contributed by atoms with van der Waals surface area (Å²) in [6.45, 7) is 0.894. The average Bonchev–Trinajstić information content (AvgIpc) is 3.17. The SMILES string of the molecule is CSCCn1c(=O)c(-c2cccc(F)c2Cl)cn(CC(=O)N2CCC(N3CCc4cc(C(=O)O)ccc4NC3=O)CC2)c1=O. The number of carboxylic acid groups (broad SMARTS) is 1. The lowest BCUT2D eigenvalue weighted by Gasteiger charge is -2.38. The van der Waals surface area contributed by atoms with Gasteiger partial charge in [0.2, 0.25) is 5.91 Å². The first-order valence-electron chi connectivity index (χ1n) is 14.1. The van der Waals surface area contributed by atoms with Crippen molar-refractivity contribution in [2.75, 3.05) is 37.0 Å². The first-order chi connectivity index (χ1) is 21.1. The van der Waals surface area contributed by atoms with E-state index in [1.54, 1.807) is 21.9 Å². The first kappa shape index (κ1) is 31.3. The van der Waals surface area contributed by atoms with Gasteiger partial charge in [-0.25, -0.2) is 18.8 Å². The number of hydrogen-bond acceptors (Lipinski definition) is 6. The highest BCUT2D eigenvalue weighted by Gasteiger charge is 2.32. The molecule has 5 rings (SSSR count). The van der Waals surface area contributed by atoms with E-state index in [0.29, 0.717) is 50.3 Å². The van der Waals surface area contributed by atoms with Crippen LogP contribution < -0.4 is 16.6 Å². The van der Waals surface area contributed by atoms with Crippen LogP contribution in [0.15, 0.2) is 52.2 Å². The van der Waals surface area contributed by atoms with Crippen molar-refractivity contribution in [3.8, 4) is 11.1 Å². The largest absolute Gasteiger partial charge is 0.478 e. The van der Waals surface area contributed by atoms with Crippen LogP contribution in [0.4, 0.5) is 14.9 Å². The molecule has 3 aromatic rings. The molecule has 0 aliphatic carbocycles. The predicted molar refractivity (Wildman–Crippen MR) is 166 cm³/mol. The van der Waals surface area contributed by atoms with E-state index >= 15 is 0 Å². The lowest BCUT2D eigenvalue weighted by Crippen LogP contribution is -2.51. The van der Waals surface area contributed by atoms with Crippen LogP contribution in [0.3, 0.4) is 0 Å². The number of amides is 3. The minimum Gasteiger partial charge on any atom is -0.478 e. The second kappa shape index (κ2) is 13.3. The Balaban J connectivity index is 1.30. The van der Waals surface area contributed by atoms with E-state index in [4.69, 9.17) is 11.6 Å². The molecule has 1 fully saturated rings. The van der Waals surface area contributed by atoms with Crippen LogP contribution in [0.1, 0.15) is 28.8 Å². The number of fused-ring (bicyclic) bond motifs is 1. The van der Waals surface area contributed by atoms with E-state index in [2.05, 4.69) is 5.32 Å². The van der Waals surface area contributed by atoms with Gasteiger partial charge in [-0.3, -0.25) is 18.7 Å². The molecule has 0 bridgehead atoms. The predicted octanol–water partition coefficient (Wildman–Crippen LogP) is 3.61. The molecule has 3 heterocycles. The van der Waals surface area contributed by atoms with Gasteiger partial charge in [-0.15, -0.1) is 0 Å². The van der Waals surface area contributed by atoms with Crippen molar-refractivity contribution in [1.29, 1.82) is 0 Å². The highest BCUT2D eigenvalue weighted by molar-refractivity contribution is 7.98. The van der Waals surface area contributed by atoms with Gasteiger partial charge in [0, 0.05) is 55.4 Å². The van der Waals surface area contributed by atoms with Crippen molar-refractivity contribution >= 4 is 47.0 Å². The van der Waals surface area contributed by atoms with E-state index in [-0.39, 0.29) is 52.8 Å². The number of carboxylic acids is 1. The Kier molecular flexibility index (Phi) is 9.45. The van der Waals surface area contributed by atoms with Crippen LogP contribution >= 0.6 is 23.4 Å². The molecule has 0 saturated carbocycles. The molecule has 1 saturated heterocycles. The van der Waals surface area contributed by atoms with Gasteiger partial charge in [0.1, 0.15) is 12.4 Å². The fourth-order valence-electron chi connectivity index (χ4n) is 5.65. The number of aromatic nitrogens is 2. The Bertz CT molecular complexity index is 1740. The monoisotopic (exact) mass is 643 g/mol. The number of carbonyl (C=O) groups is 3. The van der Waals surface area contributed by atoms with Gasteiger partial charge in [-0.2, -0.15) is 11.8 Å². The number of rotatable bonds is 8. The van der Waals surface area contributed by atoms with Crippen molar-refractivity contribution in [1.82, 2.24) is 18.9 Å². The summed E-state index contributed by atoms with van der Waals surface area (Å²) in [5.41, 5.74) is 0.380. The zero-order valence-electron chi connectivity index (χ0n) is 23.9. The van der Waals surface area contributed by atoms with Crippen LogP contribution in [-0.4, -0.2) is 79.6 Å². The minimum absolute atomic E-state index is 0.0189. The molecular weight excluding hydrogens is 613 g/mol. The van der Waals surface area contributed by atoms with Gasteiger partial charge in [0.25, 0.3) is 5.56 Å². The molecule has 2 N–H and O–H groups in total.